The van der Waals surface area contributed by atoms with Crippen LogP contribution >= 0.6 is 0 Å². The van der Waals surface area contributed by atoms with E-state index < -0.39 is 6.10 Å². The van der Waals surface area contributed by atoms with Gasteiger partial charge in [0.15, 0.2) is 6.10 Å². The van der Waals surface area contributed by atoms with E-state index in [2.05, 4.69) is 87.6 Å². The van der Waals surface area contributed by atoms with Gasteiger partial charge in [-0.2, -0.15) is 0 Å². The molecule has 386 valence electrons. The van der Waals surface area contributed by atoms with Gasteiger partial charge >= 0.3 is 17.9 Å². The summed E-state index contributed by atoms with van der Waals surface area (Å²) in [4.78, 5) is 38.0. The molecule has 0 saturated carbocycles. The van der Waals surface area contributed by atoms with E-state index in [-0.39, 0.29) is 37.5 Å². The highest BCUT2D eigenvalue weighted by Gasteiger charge is 2.19. The second-order valence-electron chi connectivity index (χ2n) is 18.8. The van der Waals surface area contributed by atoms with Crippen molar-refractivity contribution in [2.75, 3.05) is 13.2 Å². The summed E-state index contributed by atoms with van der Waals surface area (Å²) < 4.78 is 16.8. The van der Waals surface area contributed by atoms with Crippen molar-refractivity contribution >= 4 is 17.9 Å². The van der Waals surface area contributed by atoms with Crippen molar-refractivity contribution in [3.8, 4) is 0 Å². The van der Waals surface area contributed by atoms with E-state index in [9.17, 15) is 14.4 Å². The Kier molecular flexibility index (Phi) is 52.8. The van der Waals surface area contributed by atoms with Crippen molar-refractivity contribution < 1.29 is 28.6 Å². The third-order valence-corrected chi connectivity index (χ3v) is 12.2. The number of hydrogen-bond acceptors (Lipinski definition) is 6. The van der Waals surface area contributed by atoms with Gasteiger partial charge in [0, 0.05) is 19.3 Å². The van der Waals surface area contributed by atoms with Gasteiger partial charge in [0.05, 0.1) is 0 Å². The number of unbranched alkanes of at least 4 members (excludes halogenated alkanes) is 28. The third-order valence-electron chi connectivity index (χ3n) is 12.2. The Labute approximate surface area is 414 Å². The summed E-state index contributed by atoms with van der Waals surface area (Å²) in [6, 6.07) is 0. The average Bonchev–Trinajstić information content (AvgIpc) is 3.33. The molecule has 6 heteroatoms. The first-order valence-corrected chi connectivity index (χ1v) is 28.4. The van der Waals surface area contributed by atoms with Crippen LogP contribution in [0, 0.1) is 0 Å². The molecule has 0 heterocycles. The van der Waals surface area contributed by atoms with Crippen molar-refractivity contribution in [3.63, 3.8) is 0 Å². The van der Waals surface area contributed by atoms with Crippen LogP contribution in [0.5, 0.6) is 0 Å². The molecule has 0 spiro atoms. The molecular formula is C61H106O6. The molecule has 0 aliphatic rings. The molecule has 0 unspecified atom stereocenters. The van der Waals surface area contributed by atoms with Crippen molar-refractivity contribution in [3.05, 3.63) is 72.9 Å². The molecule has 0 aliphatic heterocycles. The fourth-order valence-electron chi connectivity index (χ4n) is 7.88. The summed E-state index contributed by atoms with van der Waals surface area (Å²) in [7, 11) is 0. The van der Waals surface area contributed by atoms with Crippen LogP contribution in [-0.4, -0.2) is 37.2 Å². The van der Waals surface area contributed by atoms with Gasteiger partial charge < -0.3 is 14.2 Å². The van der Waals surface area contributed by atoms with Gasteiger partial charge in [0.25, 0.3) is 0 Å². The van der Waals surface area contributed by atoms with Crippen LogP contribution in [0.1, 0.15) is 278 Å². The smallest absolute Gasteiger partial charge is 0.306 e. The fraction of sp³-hybridized carbons (Fsp3) is 0.754. The maximum Gasteiger partial charge on any atom is 0.306 e. The summed E-state index contributed by atoms with van der Waals surface area (Å²) >= 11 is 0. The maximum atomic E-state index is 12.8. The van der Waals surface area contributed by atoms with Crippen molar-refractivity contribution in [1.82, 2.24) is 0 Å². The normalized spacial score (nSPS) is 12.6. The van der Waals surface area contributed by atoms with Crippen molar-refractivity contribution in [2.45, 2.75) is 284 Å². The monoisotopic (exact) mass is 935 g/mol. The molecule has 0 aliphatic carbocycles. The molecule has 0 aromatic rings. The molecule has 0 fully saturated rings. The highest BCUT2D eigenvalue weighted by molar-refractivity contribution is 5.71. The van der Waals surface area contributed by atoms with E-state index in [0.717, 1.165) is 77.0 Å². The van der Waals surface area contributed by atoms with Crippen molar-refractivity contribution in [1.29, 1.82) is 0 Å². The lowest BCUT2D eigenvalue weighted by atomic mass is 10.0. The molecule has 0 aromatic heterocycles. The maximum absolute atomic E-state index is 12.8. The topological polar surface area (TPSA) is 78.9 Å². The van der Waals surface area contributed by atoms with Gasteiger partial charge in [-0.15, -0.1) is 0 Å². The zero-order valence-corrected chi connectivity index (χ0v) is 44.2. The van der Waals surface area contributed by atoms with Crippen LogP contribution in [0.15, 0.2) is 72.9 Å². The third kappa shape index (κ3) is 53.7. The molecule has 6 nitrogen and oxygen atoms in total. The SMILES string of the molecule is CCCC/C=C\CCCCCCCC(=O)OC[C@@H](COC(=O)CC/C=C\C/C=C\C/C=C\C/C=C\C/C=C\CCCCC)OC(=O)CCCCCCCCCCCCCCCCCCCCC. The lowest BCUT2D eigenvalue weighted by Crippen LogP contribution is -2.30. The van der Waals surface area contributed by atoms with E-state index in [1.54, 1.807) is 0 Å². The minimum absolute atomic E-state index is 0.101. The summed E-state index contributed by atoms with van der Waals surface area (Å²) in [5.74, 6) is -0.988. The summed E-state index contributed by atoms with van der Waals surface area (Å²) in [5, 5.41) is 0. The van der Waals surface area contributed by atoms with Crippen molar-refractivity contribution in [2.24, 2.45) is 0 Å². The predicted octanol–water partition coefficient (Wildman–Crippen LogP) is 19.0. The molecule has 1 atom stereocenters. The zero-order valence-electron chi connectivity index (χ0n) is 44.2. The summed E-state index contributed by atoms with van der Waals surface area (Å²) in [6.07, 6.45) is 70.5. The predicted molar refractivity (Wildman–Crippen MR) is 288 cm³/mol. The van der Waals surface area contributed by atoms with Crippen LogP contribution in [0.2, 0.25) is 0 Å². The van der Waals surface area contributed by atoms with Crippen LogP contribution in [-0.2, 0) is 28.6 Å². The number of carbonyl (C=O) groups is 3. The van der Waals surface area contributed by atoms with Gasteiger partial charge in [-0.25, -0.2) is 0 Å². The lowest BCUT2D eigenvalue weighted by Gasteiger charge is -2.18. The minimum atomic E-state index is -0.806. The Morgan fingerprint density at radius 2 is 0.582 bits per heavy atom. The number of rotatable bonds is 51. The van der Waals surface area contributed by atoms with E-state index >= 15 is 0 Å². The van der Waals surface area contributed by atoms with E-state index in [4.69, 9.17) is 14.2 Å². The molecular weight excluding hydrogens is 829 g/mol. The van der Waals surface area contributed by atoms with Crippen LogP contribution in [0.3, 0.4) is 0 Å². The molecule has 0 rings (SSSR count). The van der Waals surface area contributed by atoms with Crippen LogP contribution in [0.4, 0.5) is 0 Å². The second kappa shape index (κ2) is 55.4. The van der Waals surface area contributed by atoms with Gasteiger partial charge in [-0.3, -0.25) is 14.4 Å². The molecule has 0 saturated heterocycles. The largest absolute Gasteiger partial charge is 0.462 e. The first-order chi connectivity index (χ1) is 33.0. The van der Waals surface area contributed by atoms with Gasteiger partial charge in [-0.05, 0) is 77.0 Å². The Balaban J connectivity index is 4.42. The van der Waals surface area contributed by atoms with E-state index in [0.29, 0.717) is 19.3 Å². The van der Waals surface area contributed by atoms with Crippen LogP contribution < -0.4 is 0 Å². The average molecular weight is 936 g/mol. The molecule has 0 radical (unpaired) electrons. The molecule has 67 heavy (non-hydrogen) atoms. The first-order valence-electron chi connectivity index (χ1n) is 28.4. The Bertz CT molecular complexity index is 1260. The van der Waals surface area contributed by atoms with Gasteiger partial charge in [0.2, 0.25) is 0 Å². The Hall–Kier alpha value is -3.15. The summed E-state index contributed by atoms with van der Waals surface area (Å²) in [5.41, 5.74) is 0. The highest BCUT2D eigenvalue weighted by atomic mass is 16.6. The molecule has 0 bridgehead atoms. The Morgan fingerprint density at radius 1 is 0.299 bits per heavy atom. The second-order valence-corrected chi connectivity index (χ2v) is 18.8. The number of esters is 3. The number of allylic oxidation sites excluding steroid dienone is 12. The molecule has 0 aromatic carbocycles. The standard InChI is InChI=1S/C61H106O6/c1-4-7-10-13-16-19-22-24-26-28-30-32-34-36-39-42-45-48-51-54-60(63)66-57-58(56-65-59(62)53-50-47-44-41-38-21-18-15-12-9-6-3)67-61(64)55-52-49-46-43-40-37-35-33-31-29-27-25-23-20-17-14-11-8-5-2/h15-16,18-19,24,26,30,32,36,39,45,48,58H,4-14,17,20-23,25,27-29,31,33-35,37-38,40-44,46-47,49-57H2,1-3H3/b18-15-,19-16-,26-24-,32-30-,39-36-,48-45-/t58-/m0/s1. The van der Waals surface area contributed by atoms with E-state index in [1.165, 1.54) is 154 Å². The zero-order chi connectivity index (χ0) is 48.6. The van der Waals surface area contributed by atoms with Gasteiger partial charge in [0.1, 0.15) is 13.2 Å². The lowest BCUT2D eigenvalue weighted by molar-refractivity contribution is -0.166. The minimum Gasteiger partial charge on any atom is -0.462 e. The first kappa shape index (κ1) is 63.8. The van der Waals surface area contributed by atoms with E-state index in [1.807, 2.05) is 6.08 Å². The fourth-order valence-corrected chi connectivity index (χ4v) is 7.88. The quantitative estimate of drug-likeness (QED) is 0.0262. The molecule has 0 N–H and O–H groups in total. The summed E-state index contributed by atoms with van der Waals surface area (Å²) in [6.45, 7) is 6.52. The van der Waals surface area contributed by atoms with Gasteiger partial charge in [-0.1, -0.05) is 254 Å². The molecule has 0 amide bonds. The number of ether oxygens (including phenoxy) is 3. The Morgan fingerprint density at radius 3 is 1.01 bits per heavy atom. The number of hydrogen-bond donors (Lipinski definition) is 0. The highest BCUT2D eigenvalue weighted by Crippen LogP contribution is 2.16. The number of carbonyl (C=O) groups excluding carboxylic acids is 3. The van der Waals surface area contributed by atoms with Crippen LogP contribution in [0.25, 0.3) is 0 Å².